The van der Waals surface area contributed by atoms with Crippen molar-refractivity contribution in [2.75, 3.05) is 13.6 Å². The van der Waals surface area contributed by atoms with E-state index in [4.69, 9.17) is 0 Å². The van der Waals surface area contributed by atoms with Crippen LogP contribution in [-0.4, -0.2) is 29.5 Å². The molecule has 0 heterocycles. The molecule has 0 saturated carbocycles. The van der Waals surface area contributed by atoms with Gasteiger partial charge in [0.2, 0.25) is 0 Å². The smallest absolute Gasteiger partial charge is 0.257 e. The fourth-order valence-corrected chi connectivity index (χ4v) is 2.33. The minimum Gasteiger partial charge on any atom is -0.507 e. The molecule has 3 nitrogen and oxygen atoms in total. The van der Waals surface area contributed by atoms with Crippen LogP contribution in [0.2, 0.25) is 0 Å². The van der Waals surface area contributed by atoms with Gasteiger partial charge >= 0.3 is 0 Å². The third kappa shape index (κ3) is 3.88. The zero-order valence-corrected chi connectivity index (χ0v) is 13.4. The highest BCUT2D eigenvalue weighted by Crippen LogP contribution is 2.24. The van der Waals surface area contributed by atoms with Crippen LogP contribution in [0.1, 0.15) is 41.3 Å². The average molecular weight is 297 g/mol. The molecule has 22 heavy (non-hydrogen) atoms. The molecule has 3 heteroatoms. The molecular formula is C19H23NO2. The van der Waals surface area contributed by atoms with Gasteiger partial charge in [0.1, 0.15) is 5.75 Å². The zero-order chi connectivity index (χ0) is 16.1. The number of hydrogen-bond acceptors (Lipinski definition) is 2. The molecule has 2 rings (SSSR count). The summed E-state index contributed by atoms with van der Waals surface area (Å²) < 4.78 is 0. The summed E-state index contributed by atoms with van der Waals surface area (Å²) in [6, 6.07) is 15.3. The lowest BCUT2D eigenvalue weighted by molar-refractivity contribution is 0.0793. The van der Waals surface area contributed by atoms with E-state index in [0.29, 0.717) is 18.0 Å². The maximum absolute atomic E-state index is 12.5. The van der Waals surface area contributed by atoms with Crippen LogP contribution in [0.4, 0.5) is 0 Å². The van der Waals surface area contributed by atoms with E-state index in [-0.39, 0.29) is 11.7 Å². The Morgan fingerprint density at radius 3 is 2.45 bits per heavy atom. The summed E-state index contributed by atoms with van der Waals surface area (Å²) in [7, 11) is 1.77. The second-order valence-electron chi connectivity index (χ2n) is 5.89. The number of aromatic hydroxyl groups is 1. The number of phenols is 1. The number of rotatable bonds is 5. The molecule has 116 valence electrons. The van der Waals surface area contributed by atoms with Crippen molar-refractivity contribution >= 4 is 5.91 Å². The fraction of sp³-hybridized carbons (Fsp3) is 0.316. The standard InChI is InChI=1S/C19H23NO2/c1-14(2)16-9-10-18(21)17(13-16)19(22)20(3)12-11-15-7-5-4-6-8-15/h4-10,13-14,21H,11-12H2,1-3H3. The molecular weight excluding hydrogens is 274 g/mol. The topological polar surface area (TPSA) is 40.5 Å². The normalized spacial score (nSPS) is 10.7. The number of carbonyl (C=O) groups is 1. The van der Waals surface area contributed by atoms with Crippen molar-refractivity contribution in [1.29, 1.82) is 0 Å². The lowest BCUT2D eigenvalue weighted by atomic mass is 9.99. The number of amides is 1. The van der Waals surface area contributed by atoms with Crippen LogP contribution >= 0.6 is 0 Å². The predicted molar refractivity (Wildman–Crippen MR) is 89.3 cm³/mol. The maximum Gasteiger partial charge on any atom is 0.257 e. The van der Waals surface area contributed by atoms with Gasteiger partial charge in [-0.25, -0.2) is 0 Å². The third-order valence-corrected chi connectivity index (χ3v) is 3.84. The van der Waals surface area contributed by atoms with Gasteiger partial charge in [-0.05, 0) is 35.6 Å². The minimum absolute atomic E-state index is 0.0426. The molecule has 2 aromatic rings. The van der Waals surface area contributed by atoms with E-state index in [1.807, 2.05) is 24.3 Å². The van der Waals surface area contributed by atoms with Gasteiger partial charge in [-0.3, -0.25) is 4.79 Å². The fourth-order valence-electron chi connectivity index (χ4n) is 2.33. The molecule has 0 aliphatic heterocycles. The first-order chi connectivity index (χ1) is 10.5. The Hall–Kier alpha value is -2.29. The molecule has 0 radical (unpaired) electrons. The van der Waals surface area contributed by atoms with Crippen molar-refractivity contribution < 1.29 is 9.90 Å². The lowest BCUT2D eigenvalue weighted by Gasteiger charge is -2.19. The minimum atomic E-state index is -0.143. The number of benzene rings is 2. The van der Waals surface area contributed by atoms with E-state index in [1.165, 1.54) is 5.56 Å². The maximum atomic E-state index is 12.5. The monoisotopic (exact) mass is 297 g/mol. The largest absolute Gasteiger partial charge is 0.507 e. The molecule has 0 aromatic heterocycles. The first-order valence-corrected chi connectivity index (χ1v) is 7.61. The number of likely N-dealkylation sites (N-methyl/N-ethyl adjacent to an activating group) is 1. The summed E-state index contributed by atoms with van der Waals surface area (Å²) in [4.78, 5) is 14.2. The molecule has 0 spiro atoms. The Bertz CT molecular complexity index is 635. The lowest BCUT2D eigenvalue weighted by Crippen LogP contribution is -2.29. The van der Waals surface area contributed by atoms with Crippen LogP contribution in [0.5, 0.6) is 5.75 Å². The molecule has 1 amide bonds. The van der Waals surface area contributed by atoms with E-state index in [2.05, 4.69) is 26.0 Å². The first-order valence-electron chi connectivity index (χ1n) is 7.61. The van der Waals surface area contributed by atoms with E-state index in [1.54, 1.807) is 24.1 Å². The van der Waals surface area contributed by atoms with E-state index < -0.39 is 0 Å². The second kappa shape index (κ2) is 7.12. The van der Waals surface area contributed by atoms with E-state index >= 15 is 0 Å². The highest BCUT2D eigenvalue weighted by molar-refractivity contribution is 5.96. The van der Waals surface area contributed by atoms with Crippen LogP contribution in [0, 0.1) is 0 Å². The van der Waals surface area contributed by atoms with Gasteiger partial charge in [0.05, 0.1) is 5.56 Å². The number of hydrogen-bond donors (Lipinski definition) is 1. The number of carbonyl (C=O) groups excluding carboxylic acids is 1. The van der Waals surface area contributed by atoms with Crippen LogP contribution < -0.4 is 0 Å². The molecule has 0 fully saturated rings. The Kier molecular flexibility index (Phi) is 5.21. The Morgan fingerprint density at radius 1 is 1.14 bits per heavy atom. The van der Waals surface area contributed by atoms with Gasteiger partial charge in [0.15, 0.2) is 0 Å². The number of nitrogens with zero attached hydrogens (tertiary/aromatic N) is 1. The molecule has 0 atom stereocenters. The highest BCUT2D eigenvalue weighted by atomic mass is 16.3. The van der Waals surface area contributed by atoms with Crippen molar-refractivity contribution in [1.82, 2.24) is 4.90 Å². The van der Waals surface area contributed by atoms with Gasteiger partial charge in [0.25, 0.3) is 5.91 Å². The zero-order valence-electron chi connectivity index (χ0n) is 13.4. The Balaban J connectivity index is 2.08. The van der Waals surface area contributed by atoms with Gasteiger partial charge in [0, 0.05) is 13.6 Å². The average Bonchev–Trinajstić information content (AvgIpc) is 2.53. The first kappa shape index (κ1) is 16.1. The summed E-state index contributed by atoms with van der Waals surface area (Å²) in [5, 5.41) is 9.97. The Labute approximate surface area is 132 Å². The Morgan fingerprint density at radius 2 is 1.82 bits per heavy atom. The molecule has 0 unspecified atom stereocenters. The second-order valence-corrected chi connectivity index (χ2v) is 5.89. The van der Waals surface area contributed by atoms with Crippen LogP contribution in [0.3, 0.4) is 0 Å². The van der Waals surface area contributed by atoms with Crippen molar-refractivity contribution in [3.63, 3.8) is 0 Å². The van der Waals surface area contributed by atoms with Crippen LogP contribution in [-0.2, 0) is 6.42 Å². The summed E-state index contributed by atoms with van der Waals surface area (Å²) >= 11 is 0. The number of phenolic OH excluding ortho intramolecular Hbond substituents is 1. The van der Waals surface area contributed by atoms with Crippen LogP contribution in [0.15, 0.2) is 48.5 Å². The van der Waals surface area contributed by atoms with Crippen molar-refractivity contribution in [3.05, 3.63) is 65.2 Å². The van der Waals surface area contributed by atoms with Gasteiger partial charge < -0.3 is 10.0 Å². The predicted octanol–water partition coefficient (Wildman–Crippen LogP) is 3.83. The summed E-state index contributed by atoms with van der Waals surface area (Å²) in [5.41, 5.74) is 2.63. The third-order valence-electron chi connectivity index (χ3n) is 3.84. The highest BCUT2D eigenvalue weighted by Gasteiger charge is 2.17. The molecule has 0 aliphatic carbocycles. The van der Waals surface area contributed by atoms with Crippen molar-refractivity contribution in [3.8, 4) is 5.75 Å². The molecule has 0 bridgehead atoms. The summed E-state index contributed by atoms with van der Waals surface area (Å²) in [5.74, 6) is 0.221. The van der Waals surface area contributed by atoms with Crippen LogP contribution in [0.25, 0.3) is 0 Å². The van der Waals surface area contributed by atoms with Gasteiger partial charge in [-0.2, -0.15) is 0 Å². The van der Waals surface area contributed by atoms with Crippen molar-refractivity contribution in [2.45, 2.75) is 26.2 Å². The van der Waals surface area contributed by atoms with Gasteiger partial charge in [-0.15, -0.1) is 0 Å². The molecule has 0 aliphatic rings. The quantitative estimate of drug-likeness (QED) is 0.911. The van der Waals surface area contributed by atoms with E-state index in [0.717, 1.165) is 12.0 Å². The SMILES string of the molecule is CC(C)c1ccc(O)c(C(=O)N(C)CCc2ccccc2)c1. The summed E-state index contributed by atoms with van der Waals surface area (Å²) in [6.07, 6.45) is 0.799. The molecule has 0 saturated heterocycles. The van der Waals surface area contributed by atoms with Gasteiger partial charge in [-0.1, -0.05) is 50.2 Å². The summed E-state index contributed by atoms with van der Waals surface area (Å²) in [6.45, 7) is 4.76. The molecule has 2 aromatic carbocycles. The van der Waals surface area contributed by atoms with Crippen molar-refractivity contribution in [2.24, 2.45) is 0 Å². The van der Waals surface area contributed by atoms with E-state index in [9.17, 15) is 9.90 Å². The molecule has 1 N–H and O–H groups in total.